The maximum atomic E-state index is 10.5. The topological polar surface area (TPSA) is 63.1 Å². The second-order valence-electron chi connectivity index (χ2n) is 9.77. The number of rotatable bonds is 5. The van der Waals surface area contributed by atoms with E-state index in [0.717, 1.165) is 38.3 Å². The first kappa shape index (κ1) is 25.1. The largest absolute Gasteiger partial charge is 0.392 e. The molecule has 170 valence electrons. The summed E-state index contributed by atoms with van der Waals surface area (Å²) in [5, 5.41) is 17.7. The lowest BCUT2D eigenvalue weighted by molar-refractivity contribution is 0.00359. The predicted molar refractivity (Wildman–Crippen MR) is 132 cm³/mol. The molecule has 0 aromatic carbocycles. The van der Waals surface area contributed by atoms with E-state index in [1.54, 1.807) is 0 Å². The maximum absolute atomic E-state index is 10.5. The van der Waals surface area contributed by atoms with Gasteiger partial charge in [0.05, 0.1) is 6.10 Å². The van der Waals surface area contributed by atoms with Gasteiger partial charge in [-0.3, -0.25) is 9.89 Å². The molecule has 29 heavy (non-hydrogen) atoms. The number of hydrogen-bond acceptors (Lipinski definition) is 4. The highest BCUT2D eigenvalue weighted by atomic mass is 127. The molecule has 0 amide bonds. The van der Waals surface area contributed by atoms with Crippen molar-refractivity contribution in [3.05, 3.63) is 0 Å². The molecule has 1 saturated carbocycles. The molecule has 2 aliphatic heterocycles. The van der Waals surface area contributed by atoms with E-state index < -0.39 is 0 Å². The molecule has 2 atom stereocenters. The second-order valence-corrected chi connectivity index (χ2v) is 9.77. The molecule has 3 fully saturated rings. The Balaban J connectivity index is 0.00000300. The normalized spacial score (nSPS) is 31.7. The summed E-state index contributed by atoms with van der Waals surface area (Å²) in [6.45, 7) is 8.78. The average Bonchev–Trinajstić information content (AvgIpc) is 2.73. The van der Waals surface area contributed by atoms with Crippen molar-refractivity contribution in [3.63, 3.8) is 0 Å². The van der Waals surface area contributed by atoms with Crippen molar-refractivity contribution in [2.75, 3.05) is 53.4 Å². The Kier molecular flexibility index (Phi) is 9.96. The lowest BCUT2D eigenvalue weighted by Gasteiger charge is -2.50. The molecule has 6 nitrogen and oxygen atoms in total. The first-order valence-electron chi connectivity index (χ1n) is 11.5. The molecule has 2 unspecified atom stereocenters. The number of halogens is 1. The van der Waals surface area contributed by atoms with E-state index >= 15 is 0 Å². The smallest absolute Gasteiger partial charge is 0.191 e. The van der Waals surface area contributed by atoms with Gasteiger partial charge in [0.15, 0.2) is 5.96 Å². The monoisotopic (exact) mass is 521 g/mol. The van der Waals surface area contributed by atoms with E-state index in [9.17, 15) is 5.11 Å². The van der Waals surface area contributed by atoms with E-state index in [0.29, 0.717) is 0 Å². The first-order valence-corrected chi connectivity index (χ1v) is 11.5. The van der Waals surface area contributed by atoms with Gasteiger partial charge in [-0.2, -0.15) is 0 Å². The minimum absolute atomic E-state index is 0. The lowest BCUT2D eigenvalue weighted by atomic mass is 9.73. The number of aliphatic imine (C=N–C) groups is 1. The Morgan fingerprint density at radius 3 is 2.24 bits per heavy atom. The molecule has 0 radical (unpaired) electrons. The highest BCUT2D eigenvalue weighted by Gasteiger charge is 2.40. The summed E-state index contributed by atoms with van der Waals surface area (Å²) in [4.78, 5) is 9.71. The standard InChI is InChI=1S/C22H43N5O.HI/c1-21(10-6-5-9-19(21)28)17-24-20(23-2)25-18-22(11-15-26(3)16-12-22)27-13-7-4-8-14-27;/h19,28H,4-18H2,1-3H3,(H2,23,24,25);1H. The summed E-state index contributed by atoms with van der Waals surface area (Å²) in [5.41, 5.74) is 0.201. The summed E-state index contributed by atoms with van der Waals surface area (Å²) in [6.07, 6.45) is 10.7. The van der Waals surface area contributed by atoms with Gasteiger partial charge in [0, 0.05) is 31.1 Å². The van der Waals surface area contributed by atoms with E-state index in [-0.39, 0.29) is 41.0 Å². The number of hydrogen-bond donors (Lipinski definition) is 3. The lowest BCUT2D eigenvalue weighted by Crippen LogP contribution is -2.62. The highest BCUT2D eigenvalue weighted by Crippen LogP contribution is 2.35. The number of piperidine rings is 2. The average molecular weight is 522 g/mol. The molecule has 7 heteroatoms. The quantitative estimate of drug-likeness (QED) is 0.295. The zero-order valence-electron chi connectivity index (χ0n) is 18.9. The van der Waals surface area contributed by atoms with Gasteiger partial charge >= 0.3 is 0 Å². The minimum Gasteiger partial charge on any atom is -0.392 e. The molecule has 3 rings (SSSR count). The Bertz CT molecular complexity index is 517. The van der Waals surface area contributed by atoms with E-state index in [1.165, 1.54) is 64.7 Å². The molecular formula is C22H44IN5O. The first-order chi connectivity index (χ1) is 13.5. The second kappa shape index (κ2) is 11.5. The van der Waals surface area contributed by atoms with Gasteiger partial charge in [-0.05, 0) is 71.8 Å². The third-order valence-electron chi connectivity index (χ3n) is 7.69. The van der Waals surface area contributed by atoms with Crippen molar-refractivity contribution in [2.45, 2.75) is 76.4 Å². The summed E-state index contributed by atoms with van der Waals surface area (Å²) in [6, 6.07) is 0. The molecule has 2 heterocycles. The van der Waals surface area contributed by atoms with Gasteiger partial charge in [-0.25, -0.2) is 0 Å². The third-order valence-corrected chi connectivity index (χ3v) is 7.69. The molecule has 1 aliphatic carbocycles. The molecular weight excluding hydrogens is 477 g/mol. The van der Waals surface area contributed by atoms with Crippen LogP contribution in [0.1, 0.15) is 64.7 Å². The molecule has 0 bridgehead atoms. The summed E-state index contributed by atoms with van der Waals surface area (Å²) in [7, 11) is 4.10. The van der Waals surface area contributed by atoms with Crippen LogP contribution in [0.5, 0.6) is 0 Å². The minimum atomic E-state index is -0.208. The molecule has 0 aromatic rings. The fourth-order valence-corrected chi connectivity index (χ4v) is 5.35. The van der Waals surface area contributed by atoms with Crippen LogP contribution in [0.15, 0.2) is 4.99 Å². The Hall–Kier alpha value is -0.120. The molecule has 3 N–H and O–H groups in total. The van der Waals surface area contributed by atoms with Crippen LogP contribution in [0.4, 0.5) is 0 Å². The number of aliphatic hydroxyl groups is 1. The Labute approximate surface area is 195 Å². The Morgan fingerprint density at radius 2 is 1.62 bits per heavy atom. The highest BCUT2D eigenvalue weighted by molar-refractivity contribution is 14.0. The number of likely N-dealkylation sites (tertiary alicyclic amines) is 2. The zero-order chi connectivity index (χ0) is 20.0. The number of nitrogens with zero attached hydrogens (tertiary/aromatic N) is 3. The molecule has 0 aromatic heterocycles. The van der Waals surface area contributed by atoms with Gasteiger partial charge in [-0.15, -0.1) is 24.0 Å². The van der Waals surface area contributed by atoms with Crippen LogP contribution in [0.25, 0.3) is 0 Å². The fourth-order valence-electron chi connectivity index (χ4n) is 5.35. The van der Waals surface area contributed by atoms with Crippen LogP contribution in [-0.4, -0.2) is 85.9 Å². The van der Waals surface area contributed by atoms with E-state index in [1.807, 2.05) is 7.05 Å². The number of aliphatic hydroxyl groups excluding tert-OH is 1. The van der Waals surface area contributed by atoms with Gasteiger partial charge in [0.1, 0.15) is 0 Å². The van der Waals surface area contributed by atoms with Crippen molar-refractivity contribution < 1.29 is 5.11 Å². The van der Waals surface area contributed by atoms with Crippen LogP contribution in [-0.2, 0) is 0 Å². The third kappa shape index (κ3) is 6.43. The van der Waals surface area contributed by atoms with Crippen LogP contribution in [0.3, 0.4) is 0 Å². The van der Waals surface area contributed by atoms with Crippen molar-refractivity contribution in [1.29, 1.82) is 0 Å². The summed E-state index contributed by atoms with van der Waals surface area (Å²) >= 11 is 0. The molecule has 2 saturated heterocycles. The number of guanidine groups is 1. The van der Waals surface area contributed by atoms with Crippen molar-refractivity contribution in [3.8, 4) is 0 Å². The molecule has 0 spiro atoms. The Morgan fingerprint density at radius 1 is 0.966 bits per heavy atom. The maximum Gasteiger partial charge on any atom is 0.191 e. The van der Waals surface area contributed by atoms with Crippen LogP contribution in [0, 0.1) is 5.41 Å². The van der Waals surface area contributed by atoms with Gasteiger partial charge in [-0.1, -0.05) is 26.2 Å². The van der Waals surface area contributed by atoms with Gasteiger partial charge in [0.25, 0.3) is 0 Å². The summed E-state index contributed by atoms with van der Waals surface area (Å²) < 4.78 is 0. The molecule has 3 aliphatic rings. The van der Waals surface area contributed by atoms with Crippen LogP contribution < -0.4 is 10.6 Å². The van der Waals surface area contributed by atoms with E-state index in [4.69, 9.17) is 0 Å². The van der Waals surface area contributed by atoms with Crippen molar-refractivity contribution >= 4 is 29.9 Å². The fraction of sp³-hybridized carbons (Fsp3) is 0.955. The van der Waals surface area contributed by atoms with Crippen molar-refractivity contribution in [1.82, 2.24) is 20.4 Å². The number of nitrogens with one attached hydrogen (secondary N) is 2. The predicted octanol–water partition coefficient (Wildman–Crippen LogP) is 2.66. The van der Waals surface area contributed by atoms with Gasteiger partial charge < -0.3 is 20.6 Å². The van der Waals surface area contributed by atoms with Crippen LogP contribution >= 0.6 is 24.0 Å². The van der Waals surface area contributed by atoms with E-state index in [2.05, 4.69) is 39.4 Å². The van der Waals surface area contributed by atoms with Crippen LogP contribution in [0.2, 0.25) is 0 Å². The SMILES string of the molecule is CN=C(NCC1(C)CCCCC1O)NCC1(N2CCCCC2)CCN(C)CC1.I. The van der Waals surface area contributed by atoms with Crippen molar-refractivity contribution in [2.24, 2.45) is 10.4 Å². The van der Waals surface area contributed by atoms with Gasteiger partial charge in [0.2, 0.25) is 0 Å². The zero-order valence-corrected chi connectivity index (χ0v) is 21.2. The summed E-state index contributed by atoms with van der Waals surface area (Å²) in [5.74, 6) is 0.884.